The number of nitrogens with zero attached hydrogens (tertiary/aromatic N) is 4. The number of pyridine rings is 1. The third-order valence-corrected chi connectivity index (χ3v) is 9.06. The lowest BCUT2D eigenvalue weighted by molar-refractivity contribution is 0.187. The number of benzene rings is 1. The zero-order valence-corrected chi connectivity index (χ0v) is 19.9. The van der Waals surface area contributed by atoms with Crippen LogP contribution >= 0.6 is 23.4 Å². The molecule has 1 atom stereocenters. The smallest absolute Gasteiger partial charge is 0.158 e. The zero-order valence-electron chi connectivity index (χ0n) is 18.4. The number of hydrogen-bond donors (Lipinski definition) is 2. The average Bonchev–Trinajstić information content (AvgIpc) is 3.63. The fraction of sp³-hybridized carbons (Fsp3) is 0.400. The van der Waals surface area contributed by atoms with Gasteiger partial charge in [-0.15, -0.1) is 0 Å². The molecular formula is C25H27ClN6S. The summed E-state index contributed by atoms with van der Waals surface area (Å²) in [5.74, 6) is 1.76. The highest BCUT2D eigenvalue weighted by molar-refractivity contribution is 7.99. The molecule has 8 heteroatoms. The normalized spacial score (nSPS) is 21.4. The van der Waals surface area contributed by atoms with E-state index in [1.165, 1.54) is 22.9 Å². The Bertz CT molecular complexity index is 1210. The van der Waals surface area contributed by atoms with Crippen molar-refractivity contribution in [3.05, 3.63) is 64.6 Å². The summed E-state index contributed by atoms with van der Waals surface area (Å²) < 4.78 is 0. The highest BCUT2D eigenvalue weighted by Gasteiger charge is 2.45. The molecule has 170 valence electrons. The monoisotopic (exact) mass is 478 g/mol. The van der Waals surface area contributed by atoms with Crippen molar-refractivity contribution in [1.29, 1.82) is 0 Å². The number of fused-ring (bicyclic) bond motifs is 1. The van der Waals surface area contributed by atoms with Gasteiger partial charge in [-0.1, -0.05) is 47.6 Å². The number of nitrogen functional groups attached to an aromatic ring is 1. The Kier molecular flexibility index (Phi) is 5.24. The highest BCUT2D eigenvalue weighted by atomic mass is 35.5. The van der Waals surface area contributed by atoms with E-state index in [0.717, 1.165) is 61.6 Å². The molecule has 1 aliphatic heterocycles. The van der Waals surface area contributed by atoms with E-state index in [1.807, 2.05) is 18.5 Å². The van der Waals surface area contributed by atoms with Gasteiger partial charge in [-0.2, -0.15) is 0 Å². The molecule has 3 aromatic rings. The van der Waals surface area contributed by atoms with Crippen molar-refractivity contribution in [2.75, 3.05) is 23.7 Å². The van der Waals surface area contributed by atoms with E-state index in [-0.39, 0.29) is 11.5 Å². The van der Waals surface area contributed by atoms with Crippen molar-refractivity contribution < 1.29 is 0 Å². The number of anilines is 2. The van der Waals surface area contributed by atoms with Crippen LogP contribution in [0.25, 0.3) is 0 Å². The molecule has 1 saturated heterocycles. The second kappa shape index (κ2) is 8.15. The van der Waals surface area contributed by atoms with E-state index in [2.05, 4.69) is 39.1 Å². The minimum atomic E-state index is 0.108. The SMILES string of the molecule is Nc1nc(N2CCC3(CC2)Cc2ccccc2[C@H]3N)cnc1Sc1ccnc(C2CC2)c1Cl. The van der Waals surface area contributed by atoms with Crippen LogP contribution in [0.15, 0.2) is 52.6 Å². The summed E-state index contributed by atoms with van der Waals surface area (Å²) >= 11 is 8.07. The van der Waals surface area contributed by atoms with E-state index >= 15 is 0 Å². The van der Waals surface area contributed by atoms with Crippen LogP contribution < -0.4 is 16.4 Å². The lowest BCUT2D eigenvalue weighted by atomic mass is 9.73. The number of halogens is 1. The third kappa shape index (κ3) is 3.76. The first-order chi connectivity index (χ1) is 16.0. The quantitative estimate of drug-likeness (QED) is 0.546. The van der Waals surface area contributed by atoms with Gasteiger partial charge < -0.3 is 16.4 Å². The molecule has 33 heavy (non-hydrogen) atoms. The molecule has 3 aliphatic rings. The van der Waals surface area contributed by atoms with Crippen molar-refractivity contribution in [1.82, 2.24) is 15.0 Å². The molecule has 6 nitrogen and oxygen atoms in total. The zero-order chi connectivity index (χ0) is 22.6. The fourth-order valence-electron chi connectivity index (χ4n) is 5.37. The molecule has 0 unspecified atom stereocenters. The van der Waals surface area contributed by atoms with E-state index in [9.17, 15) is 0 Å². The molecule has 0 amide bonds. The lowest BCUT2D eigenvalue weighted by Gasteiger charge is -2.42. The summed E-state index contributed by atoms with van der Waals surface area (Å²) in [6.45, 7) is 1.81. The Balaban J connectivity index is 1.16. The predicted molar refractivity (Wildman–Crippen MR) is 133 cm³/mol. The minimum absolute atomic E-state index is 0.108. The topological polar surface area (TPSA) is 94.0 Å². The van der Waals surface area contributed by atoms with Crippen molar-refractivity contribution in [3.63, 3.8) is 0 Å². The maximum absolute atomic E-state index is 6.72. The van der Waals surface area contributed by atoms with Crippen LogP contribution in [0.4, 0.5) is 11.6 Å². The van der Waals surface area contributed by atoms with Gasteiger partial charge in [0.1, 0.15) is 10.8 Å². The molecule has 2 aliphatic carbocycles. The van der Waals surface area contributed by atoms with Crippen molar-refractivity contribution in [3.8, 4) is 0 Å². The van der Waals surface area contributed by atoms with Gasteiger partial charge in [0.25, 0.3) is 0 Å². The maximum Gasteiger partial charge on any atom is 0.158 e. The number of piperidine rings is 1. The Morgan fingerprint density at radius 1 is 1.09 bits per heavy atom. The number of aromatic nitrogens is 3. The molecule has 1 saturated carbocycles. The van der Waals surface area contributed by atoms with Crippen LogP contribution in [0.2, 0.25) is 5.02 Å². The molecule has 1 aromatic carbocycles. The van der Waals surface area contributed by atoms with E-state index in [4.69, 9.17) is 28.1 Å². The van der Waals surface area contributed by atoms with Crippen LogP contribution in [-0.4, -0.2) is 28.0 Å². The molecule has 0 bridgehead atoms. The molecule has 4 N–H and O–H groups in total. The molecule has 0 radical (unpaired) electrons. The Hall–Kier alpha value is -2.35. The van der Waals surface area contributed by atoms with Crippen LogP contribution in [0.5, 0.6) is 0 Å². The molecule has 6 rings (SSSR count). The summed E-state index contributed by atoms with van der Waals surface area (Å²) in [4.78, 5) is 17.0. The third-order valence-electron chi connectivity index (χ3n) is 7.48. The van der Waals surface area contributed by atoms with Gasteiger partial charge in [0.15, 0.2) is 5.82 Å². The van der Waals surface area contributed by atoms with E-state index in [1.54, 1.807) is 0 Å². The average molecular weight is 479 g/mol. The second-order valence-electron chi connectivity index (χ2n) is 9.51. The number of hydrogen-bond acceptors (Lipinski definition) is 7. The Morgan fingerprint density at radius 2 is 1.88 bits per heavy atom. The van der Waals surface area contributed by atoms with E-state index < -0.39 is 0 Å². The summed E-state index contributed by atoms with van der Waals surface area (Å²) in [6.07, 6.45) is 9.11. The van der Waals surface area contributed by atoms with Crippen LogP contribution in [0.3, 0.4) is 0 Å². The Morgan fingerprint density at radius 3 is 2.61 bits per heavy atom. The largest absolute Gasteiger partial charge is 0.381 e. The molecular weight excluding hydrogens is 452 g/mol. The van der Waals surface area contributed by atoms with Crippen molar-refractivity contribution >= 4 is 35.0 Å². The first-order valence-electron chi connectivity index (χ1n) is 11.6. The van der Waals surface area contributed by atoms with Crippen molar-refractivity contribution in [2.24, 2.45) is 11.1 Å². The van der Waals surface area contributed by atoms with E-state index in [0.29, 0.717) is 21.8 Å². The first kappa shape index (κ1) is 21.2. The minimum Gasteiger partial charge on any atom is -0.381 e. The van der Waals surface area contributed by atoms with Gasteiger partial charge in [-0.05, 0) is 54.7 Å². The molecule has 3 heterocycles. The predicted octanol–water partition coefficient (Wildman–Crippen LogP) is 4.98. The van der Waals surface area contributed by atoms with Crippen molar-refractivity contribution in [2.45, 2.75) is 54.0 Å². The van der Waals surface area contributed by atoms with Crippen LogP contribution in [-0.2, 0) is 6.42 Å². The summed E-state index contributed by atoms with van der Waals surface area (Å²) in [7, 11) is 0. The lowest BCUT2D eigenvalue weighted by Crippen LogP contribution is -2.44. The summed E-state index contributed by atoms with van der Waals surface area (Å²) in [6, 6.07) is 10.6. The molecule has 2 aromatic heterocycles. The summed E-state index contributed by atoms with van der Waals surface area (Å²) in [5.41, 5.74) is 16.9. The Labute approximate surface area is 203 Å². The fourth-order valence-corrected chi connectivity index (χ4v) is 6.53. The second-order valence-corrected chi connectivity index (χ2v) is 10.9. The molecule has 1 spiro atoms. The standard InChI is InChI=1S/C25H27ClN6S/c26-20-18(7-10-29-21(20)15-5-6-15)33-24-23(28)31-19(14-30-24)32-11-8-25(9-12-32)13-16-3-1-2-4-17(16)22(25)27/h1-4,7,10,14-15,22H,5-6,8-9,11-13,27H2,(H2,28,31)/t22-/m1/s1. The van der Waals surface area contributed by atoms with Crippen LogP contribution in [0.1, 0.15) is 54.5 Å². The molecule has 2 fully saturated rings. The number of nitrogens with two attached hydrogens (primary N) is 2. The van der Waals surface area contributed by atoms with Gasteiger partial charge >= 0.3 is 0 Å². The van der Waals surface area contributed by atoms with Gasteiger partial charge in [0.2, 0.25) is 0 Å². The summed E-state index contributed by atoms with van der Waals surface area (Å²) in [5, 5.41) is 1.39. The number of rotatable bonds is 4. The van der Waals surface area contributed by atoms with Gasteiger partial charge in [0, 0.05) is 36.1 Å². The van der Waals surface area contributed by atoms with Gasteiger partial charge in [0.05, 0.1) is 16.9 Å². The van der Waals surface area contributed by atoms with Gasteiger partial charge in [-0.25, -0.2) is 9.97 Å². The van der Waals surface area contributed by atoms with Gasteiger partial charge in [-0.3, -0.25) is 4.98 Å². The highest BCUT2D eigenvalue weighted by Crippen LogP contribution is 2.51. The first-order valence-corrected chi connectivity index (χ1v) is 12.8. The maximum atomic E-state index is 6.72. The van der Waals surface area contributed by atoms with Crippen LogP contribution in [0, 0.1) is 5.41 Å².